The molecule has 31 heavy (non-hydrogen) atoms. The Balaban J connectivity index is 1.24. The molecule has 1 aromatic carbocycles. The lowest BCUT2D eigenvalue weighted by atomic mass is 9.99. The molecule has 0 fully saturated rings. The number of nitrogens with zero attached hydrogens (tertiary/aromatic N) is 3. The van der Waals surface area contributed by atoms with Crippen molar-refractivity contribution in [1.82, 2.24) is 14.2 Å². The molecule has 164 valence electrons. The molecule has 0 spiro atoms. The number of fused-ring (bicyclic) bond motifs is 1. The van der Waals surface area contributed by atoms with Gasteiger partial charge in [0.25, 0.3) is 5.88 Å². The summed E-state index contributed by atoms with van der Waals surface area (Å²) in [6.07, 6.45) is 1.34. The first-order valence-corrected chi connectivity index (χ1v) is 11.8. The fraction of sp³-hybridized carbons (Fsp3) is 0.409. The molecule has 0 aliphatic carbocycles. The van der Waals surface area contributed by atoms with Crippen molar-refractivity contribution in [2.45, 2.75) is 10.8 Å². The molecule has 0 unspecified atom stereocenters. The largest absolute Gasteiger partial charge is 0.484 e. The van der Waals surface area contributed by atoms with Crippen LogP contribution in [0.15, 0.2) is 58.6 Å². The smallest absolute Gasteiger partial charge is 0.257 e. The molecule has 0 radical (unpaired) electrons. The molecule has 2 aromatic rings. The fourth-order valence-corrected chi connectivity index (χ4v) is 5.83. The molecule has 0 saturated heterocycles. The number of hydrogen-bond acceptors (Lipinski definition) is 7. The molecule has 0 bridgehead atoms. The Hall–Kier alpha value is -2.46. The number of sulfonamides is 1. The maximum atomic E-state index is 13.2. The van der Waals surface area contributed by atoms with Gasteiger partial charge >= 0.3 is 0 Å². The molecular weight excluding hydrogens is 418 g/mol. The third-order valence-corrected chi connectivity index (χ3v) is 7.80. The first-order chi connectivity index (χ1) is 15.0. The van der Waals surface area contributed by atoms with Crippen LogP contribution in [0.1, 0.15) is 11.5 Å². The van der Waals surface area contributed by atoms with Gasteiger partial charge in [0.2, 0.25) is 10.0 Å². The van der Waals surface area contributed by atoms with Crippen LogP contribution in [0, 0.1) is 0 Å². The lowest BCUT2D eigenvalue weighted by Gasteiger charge is -2.26. The standard InChI is InChI=1S/C22H25N3O5S/c26-15-19(16-4-2-1-3-5-16)12-24-10-17-13-25(14-18(17)11-24)31(27,28)20-8-21-22(23-9-20)30-7-6-29-21/h1-5,8-9,19,26H,6-7,10-15H2/t19-/m0/s1. The van der Waals surface area contributed by atoms with Crippen LogP contribution in [0.3, 0.4) is 0 Å². The molecule has 0 amide bonds. The van der Waals surface area contributed by atoms with Crippen molar-refractivity contribution < 1.29 is 23.0 Å². The van der Waals surface area contributed by atoms with E-state index in [9.17, 15) is 13.5 Å². The number of ether oxygens (including phenoxy) is 2. The predicted molar refractivity (Wildman–Crippen MR) is 114 cm³/mol. The third kappa shape index (κ3) is 3.94. The minimum Gasteiger partial charge on any atom is -0.484 e. The summed E-state index contributed by atoms with van der Waals surface area (Å²) in [6, 6.07) is 11.5. The van der Waals surface area contributed by atoms with Gasteiger partial charge < -0.3 is 14.6 Å². The molecule has 4 heterocycles. The van der Waals surface area contributed by atoms with Crippen LogP contribution in [0.25, 0.3) is 0 Å². The van der Waals surface area contributed by atoms with E-state index in [0.29, 0.717) is 37.9 Å². The van der Waals surface area contributed by atoms with E-state index in [1.807, 2.05) is 30.3 Å². The van der Waals surface area contributed by atoms with Crippen molar-refractivity contribution in [2.24, 2.45) is 0 Å². The Morgan fingerprint density at radius 1 is 1.03 bits per heavy atom. The summed E-state index contributed by atoms with van der Waals surface area (Å²) in [6.45, 7) is 3.84. The van der Waals surface area contributed by atoms with Crippen LogP contribution in [0.2, 0.25) is 0 Å². The van der Waals surface area contributed by atoms with Gasteiger partial charge in [-0.1, -0.05) is 30.3 Å². The molecule has 3 aliphatic rings. The van der Waals surface area contributed by atoms with Gasteiger partial charge in [-0.2, -0.15) is 4.31 Å². The Kier molecular flexibility index (Phi) is 5.43. The second-order valence-electron chi connectivity index (χ2n) is 8.11. The molecule has 9 heteroatoms. The Morgan fingerprint density at radius 3 is 2.45 bits per heavy atom. The summed E-state index contributed by atoms with van der Waals surface area (Å²) in [5.74, 6) is 0.749. The summed E-state index contributed by atoms with van der Waals surface area (Å²) in [5, 5.41) is 9.85. The van der Waals surface area contributed by atoms with E-state index in [2.05, 4.69) is 9.88 Å². The van der Waals surface area contributed by atoms with Gasteiger partial charge in [-0.3, -0.25) is 4.90 Å². The van der Waals surface area contributed by atoms with E-state index in [1.54, 1.807) is 0 Å². The molecule has 8 nitrogen and oxygen atoms in total. The zero-order valence-electron chi connectivity index (χ0n) is 17.1. The van der Waals surface area contributed by atoms with Crippen molar-refractivity contribution in [1.29, 1.82) is 0 Å². The summed E-state index contributed by atoms with van der Waals surface area (Å²) < 4.78 is 38.7. The normalized spacial score (nSPS) is 20.2. The number of pyridine rings is 1. The van der Waals surface area contributed by atoms with Crippen LogP contribution in [-0.4, -0.2) is 80.3 Å². The van der Waals surface area contributed by atoms with E-state index in [0.717, 1.165) is 36.3 Å². The number of aliphatic hydroxyl groups excluding tert-OH is 1. The van der Waals surface area contributed by atoms with E-state index >= 15 is 0 Å². The number of hydrogen-bond donors (Lipinski definition) is 1. The van der Waals surface area contributed by atoms with Crippen molar-refractivity contribution in [3.63, 3.8) is 0 Å². The monoisotopic (exact) mass is 443 g/mol. The minimum atomic E-state index is -3.67. The van der Waals surface area contributed by atoms with E-state index < -0.39 is 10.0 Å². The number of benzene rings is 1. The van der Waals surface area contributed by atoms with Crippen LogP contribution >= 0.6 is 0 Å². The average molecular weight is 444 g/mol. The van der Waals surface area contributed by atoms with E-state index in [1.165, 1.54) is 16.6 Å². The summed E-state index contributed by atoms with van der Waals surface area (Å²) in [5.41, 5.74) is 3.42. The highest BCUT2D eigenvalue weighted by atomic mass is 32.2. The molecular formula is C22H25N3O5S. The zero-order valence-corrected chi connectivity index (χ0v) is 17.9. The van der Waals surface area contributed by atoms with Crippen LogP contribution in [0.4, 0.5) is 0 Å². The Bertz CT molecular complexity index is 1090. The van der Waals surface area contributed by atoms with Crippen molar-refractivity contribution in [3.8, 4) is 11.6 Å². The van der Waals surface area contributed by atoms with Gasteiger partial charge in [0, 0.05) is 44.7 Å². The Morgan fingerprint density at radius 2 is 1.74 bits per heavy atom. The molecule has 1 N–H and O–H groups in total. The van der Waals surface area contributed by atoms with Gasteiger partial charge in [-0.25, -0.2) is 13.4 Å². The maximum absolute atomic E-state index is 13.2. The Labute approximate surface area is 181 Å². The number of aliphatic hydroxyl groups is 1. The summed E-state index contributed by atoms with van der Waals surface area (Å²) in [7, 11) is -3.67. The topological polar surface area (TPSA) is 92.2 Å². The number of aromatic nitrogens is 1. The highest BCUT2D eigenvalue weighted by Gasteiger charge is 2.37. The van der Waals surface area contributed by atoms with Gasteiger partial charge in [0.1, 0.15) is 18.1 Å². The van der Waals surface area contributed by atoms with Gasteiger partial charge in [-0.15, -0.1) is 0 Å². The lowest BCUT2D eigenvalue weighted by molar-refractivity contribution is 0.163. The van der Waals surface area contributed by atoms with Crippen LogP contribution in [-0.2, 0) is 10.0 Å². The van der Waals surface area contributed by atoms with Crippen molar-refractivity contribution in [2.75, 3.05) is 52.5 Å². The highest BCUT2D eigenvalue weighted by Crippen LogP contribution is 2.34. The van der Waals surface area contributed by atoms with Crippen molar-refractivity contribution >= 4 is 10.0 Å². The third-order valence-electron chi connectivity index (χ3n) is 6.04. The van der Waals surface area contributed by atoms with Crippen LogP contribution < -0.4 is 9.47 Å². The average Bonchev–Trinajstić information content (AvgIpc) is 3.37. The SMILES string of the molecule is O=S(=O)(c1cnc2c(c1)OCCO2)N1CC2=C(CN(C[C@@H](CO)c3ccccc3)C2)C1. The highest BCUT2D eigenvalue weighted by molar-refractivity contribution is 7.89. The van der Waals surface area contributed by atoms with E-state index in [-0.39, 0.29) is 17.4 Å². The quantitative estimate of drug-likeness (QED) is 0.672. The molecule has 1 aromatic heterocycles. The molecule has 0 saturated carbocycles. The first kappa shape index (κ1) is 20.4. The second-order valence-corrected chi connectivity index (χ2v) is 10.0. The number of rotatable bonds is 6. The fourth-order valence-electron chi connectivity index (χ4n) is 4.44. The molecule has 1 atom stereocenters. The van der Waals surface area contributed by atoms with Crippen molar-refractivity contribution in [3.05, 3.63) is 59.3 Å². The predicted octanol–water partition coefficient (Wildman–Crippen LogP) is 1.25. The second kappa shape index (κ2) is 8.23. The van der Waals surface area contributed by atoms with Gasteiger partial charge in [0.05, 0.1) is 12.8 Å². The lowest BCUT2D eigenvalue weighted by Crippen LogP contribution is -2.36. The maximum Gasteiger partial charge on any atom is 0.257 e. The van der Waals surface area contributed by atoms with E-state index in [4.69, 9.17) is 9.47 Å². The van der Waals surface area contributed by atoms with Gasteiger partial charge in [0.15, 0.2) is 5.75 Å². The summed E-state index contributed by atoms with van der Waals surface area (Å²) >= 11 is 0. The molecule has 3 aliphatic heterocycles. The minimum absolute atomic E-state index is 0.0462. The molecule has 5 rings (SSSR count). The van der Waals surface area contributed by atoms with Gasteiger partial charge in [-0.05, 0) is 16.7 Å². The van der Waals surface area contributed by atoms with Crippen LogP contribution in [0.5, 0.6) is 11.6 Å². The summed E-state index contributed by atoms with van der Waals surface area (Å²) in [4.78, 5) is 6.52. The zero-order chi connectivity index (χ0) is 21.4. The first-order valence-electron chi connectivity index (χ1n) is 10.4.